The zero-order valence-electron chi connectivity index (χ0n) is 14.8. The zero-order chi connectivity index (χ0) is 18.5. The van der Waals surface area contributed by atoms with Crippen molar-refractivity contribution in [2.45, 2.75) is 19.3 Å². The summed E-state index contributed by atoms with van der Waals surface area (Å²) in [5.41, 5.74) is 0.421. The van der Waals surface area contributed by atoms with Crippen LogP contribution in [0.25, 0.3) is 0 Å². The fraction of sp³-hybridized carbons (Fsp3) is 0.556. The average Bonchev–Trinajstić information content (AvgIpc) is 3.17. The SMILES string of the molecule is O=C(Cc1ccccc1[N+](=O)[O-])N1CCN(CC(=O)N2CCCC2)CC1. The molecule has 0 unspecified atom stereocenters. The summed E-state index contributed by atoms with van der Waals surface area (Å²) in [6, 6.07) is 6.35. The molecule has 2 heterocycles. The highest BCUT2D eigenvalue weighted by Crippen LogP contribution is 2.19. The van der Waals surface area contributed by atoms with E-state index in [1.807, 2.05) is 4.90 Å². The molecular formula is C18H24N4O4. The minimum absolute atomic E-state index is 0.0179. The van der Waals surface area contributed by atoms with Gasteiger partial charge in [0.2, 0.25) is 11.8 Å². The van der Waals surface area contributed by atoms with E-state index in [-0.39, 0.29) is 23.9 Å². The van der Waals surface area contributed by atoms with E-state index in [1.165, 1.54) is 6.07 Å². The Morgan fingerprint density at radius 2 is 1.54 bits per heavy atom. The highest BCUT2D eigenvalue weighted by atomic mass is 16.6. The van der Waals surface area contributed by atoms with Gasteiger partial charge < -0.3 is 9.80 Å². The first-order valence-corrected chi connectivity index (χ1v) is 9.05. The summed E-state index contributed by atoms with van der Waals surface area (Å²) in [5.74, 6) is 0.0620. The molecule has 2 aliphatic rings. The number of carbonyl (C=O) groups is 2. The number of carbonyl (C=O) groups excluding carboxylic acids is 2. The molecule has 8 nitrogen and oxygen atoms in total. The van der Waals surface area contributed by atoms with Crippen molar-refractivity contribution in [3.05, 3.63) is 39.9 Å². The molecule has 0 saturated carbocycles. The molecule has 1 aromatic rings. The number of nitrogens with zero attached hydrogens (tertiary/aromatic N) is 4. The molecule has 2 saturated heterocycles. The van der Waals surface area contributed by atoms with E-state index in [2.05, 4.69) is 4.90 Å². The van der Waals surface area contributed by atoms with Gasteiger partial charge in [0.25, 0.3) is 5.69 Å². The number of para-hydroxylation sites is 1. The van der Waals surface area contributed by atoms with Crippen LogP contribution in [-0.2, 0) is 16.0 Å². The normalized spacial score (nSPS) is 18.2. The Bertz CT molecular complexity index is 680. The number of nitro groups is 1. The Hall–Kier alpha value is -2.48. The third kappa shape index (κ3) is 4.37. The largest absolute Gasteiger partial charge is 0.342 e. The van der Waals surface area contributed by atoms with Gasteiger partial charge in [-0.2, -0.15) is 0 Å². The molecule has 0 aromatic heterocycles. The van der Waals surface area contributed by atoms with Gasteiger partial charge in [0.1, 0.15) is 0 Å². The molecule has 3 rings (SSSR count). The minimum Gasteiger partial charge on any atom is -0.342 e. The molecule has 0 bridgehead atoms. The van der Waals surface area contributed by atoms with Gasteiger partial charge in [0.15, 0.2) is 0 Å². The maximum atomic E-state index is 12.5. The smallest absolute Gasteiger partial charge is 0.273 e. The molecule has 2 aliphatic heterocycles. The molecule has 0 radical (unpaired) electrons. The van der Waals surface area contributed by atoms with Crippen molar-refractivity contribution in [3.8, 4) is 0 Å². The first kappa shape index (κ1) is 18.3. The Labute approximate surface area is 152 Å². The molecule has 8 heteroatoms. The first-order chi connectivity index (χ1) is 12.5. The predicted molar refractivity (Wildman–Crippen MR) is 95.6 cm³/mol. The van der Waals surface area contributed by atoms with E-state index in [0.717, 1.165) is 25.9 Å². The van der Waals surface area contributed by atoms with Crippen molar-refractivity contribution in [2.24, 2.45) is 0 Å². The van der Waals surface area contributed by atoms with Crippen molar-refractivity contribution in [3.63, 3.8) is 0 Å². The molecule has 1 aromatic carbocycles. The second kappa shape index (κ2) is 8.27. The lowest BCUT2D eigenvalue weighted by molar-refractivity contribution is -0.385. The van der Waals surface area contributed by atoms with Gasteiger partial charge in [-0.15, -0.1) is 0 Å². The maximum Gasteiger partial charge on any atom is 0.273 e. The van der Waals surface area contributed by atoms with Crippen LogP contribution in [0.5, 0.6) is 0 Å². The predicted octanol–water partition coefficient (Wildman–Crippen LogP) is 0.904. The van der Waals surface area contributed by atoms with E-state index < -0.39 is 4.92 Å². The Kier molecular flexibility index (Phi) is 5.82. The van der Waals surface area contributed by atoms with Gasteiger partial charge in [-0.1, -0.05) is 18.2 Å². The number of hydrogen-bond acceptors (Lipinski definition) is 5. The summed E-state index contributed by atoms with van der Waals surface area (Å²) in [4.78, 5) is 41.0. The molecule has 140 valence electrons. The van der Waals surface area contributed by atoms with Gasteiger partial charge in [-0.05, 0) is 12.8 Å². The Balaban J connectivity index is 1.49. The summed E-state index contributed by atoms with van der Waals surface area (Å²) in [5, 5.41) is 11.1. The van der Waals surface area contributed by atoms with Crippen LogP contribution in [0.3, 0.4) is 0 Å². The third-order valence-corrected chi connectivity index (χ3v) is 5.07. The lowest BCUT2D eigenvalue weighted by atomic mass is 10.1. The second-order valence-corrected chi connectivity index (χ2v) is 6.81. The van der Waals surface area contributed by atoms with Crippen LogP contribution in [0, 0.1) is 10.1 Å². The first-order valence-electron chi connectivity index (χ1n) is 9.05. The van der Waals surface area contributed by atoms with Crippen LogP contribution in [0.15, 0.2) is 24.3 Å². The van der Waals surface area contributed by atoms with Crippen molar-refractivity contribution in [2.75, 3.05) is 45.8 Å². The molecule has 2 fully saturated rings. The van der Waals surface area contributed by atoms with Gasteiger partial charge >= 0.3 is 0 Å². The standard InChI is InChI=1S/C18H24N4O4/c23-17(13-15-5-1-2-6-16(15)22(25)26)21-11-9-19(10-12-21)14-18(24)20-7-3-4-8-20/h1-2,5-6H,3-4,7-14H2. The maximum absolute atomic E-state index is 12.5. The van der Waals surface area contributed by atoms with E-state index >= 15 is 0 Å². The number of benzene rings is 1. The summed E-state index contributed by atoms with van der Waals surface area (Å²) >= 11 is 0. The lowest BCUT2D eigenvalue weighted by Crippen LogP contribution is -2.51. The quantitative estimate of drug-likeness (QED) is 0.575. The van der Waals surface area contributed by atoms with Crippen molar-refractivity contribution < 1.29 is 14.5 Å². The van der Waals surface area contributed by atoms with Crippen LogP contribution >= 0.6 is 0 Å². The number of likely N-dealkylation sites (tertiary alicyclic amines) is 1. The van der Waals surface area contributed by atoms with E-state index in [4.69, 9.17) is 0 Å². The topological polar surface area (TPSA) is 87.0 Å². The number of hydrogen-bond donors (Lipinski definition) is 0. The van der Waals surface area contributed by atoms with E-state index in [9.17, 15) is 19.7 Å². The van der Waals surface area contributed by atoms with Crippen molar-refractivity contribution >= 4 is 17.5 Å². The zero-order valence-corrected chi connectivity index (χ0v) is 14.8. The third-order valence-electron chi connectivity index (χ3n) is 5.07. The fourth-order valence-electron chi connectivity index (χ4n) is 3.53. The molecule has 2 amide bonds. The molecule has 26 heavy (non-hydrogen) atoms. The van der Waals surface area contributed by atoms with Crippen LogP contribution in [0.2, 0.25) is 0 Å². The molecule has 0 atom stereocenters. The number of nitro benzene ring substituents is 1. The van der Waals surface area contributed by atoms with Crippen molar-refractivity contribution in [1.29, 1.82) is 0 Å². The highest BCUT2D eigenvalue weighted by molar-refractivity contribution is 5.80. The van der Waals surface area contributed by atoms with E-state index in [0.29, 0.717) is 38.3 Å². The number of piperazine rings is 1. The molecular weight excluding hydrogens is 336 g/mol. The van der Waals surface area contributed by atoms with Gasteiger partial charge in [0, 0.05) is 50.9 Å². The van der Waals surface area contributed by atoms with Gasteiger partial charge in [-0.3, -0.25) is 24.6 Å². The summed E-state index contributed by atoms with van der Waals surface area (Å²) in [6.45, 7) is 4.52. The minimum atomic E-state index is -0.454. The van der Waals surface area contributed by atoms with Crippen molar-refractivity contribution in [1.82, 2.24) is 14.7 Å². The van der Waals surface area contributed by atoms with Crippen LogP contribution < -0.4 is 0 Å². The van der Waals surface area contributed by atoms with Crippen LogP contribution in [0.1, 0.15) is 18.4 Å². The molecule has 0 N–H and O–H groups in total. The number of rotatable bonds is 5. The monoisotopic (exact) mass is 360 g/mol. The summed E-state index contributed by atoms with van der Waals surface area (Å²) in [7, 11) is 0. The Morgan fingerprint density at radius 1 is 0.923 bits per heavy atom. The summed E-state index contributed by atoms with van der Waals surface area (Å²) in [6.07, 6.45) is 2.20. The highest BCUT2D eigenvalue weighted by Gasteiger charge is 2.26. The van der Waals surface area contributed by atoms with Crippen LogP contribution in [0.4, 0.5) is 5.69 Å². The lowest BCUT2D eigenvalue weighted by Gasteiger charge is -2.35. The summed E-state index contributed by atoms with van der Waals surface area (Å²) < 4.78 is 0. The van der Waals surface area contributed by atoms with Crippen LogP contribution in [-0.4, -0.2) is 77.3 Å². The van der Waals surface area contributed by atoms with E-state index in [1.54, 1.807) is 23.1 Å². The molecule has 0 aliphatic carbocycles. The van der Waals surface area contributed by atoms with Gasteiger partial charge in [-0.25, -0.2) is 0 Å². The Morgan fingerprint density at radius 3 is 2.19 bits per heavy atom. The van der Waals surface area contributed by atoms with Gasteiger partial charge in [0.05, 0.1) is 17.9 Å². The number of amides is 2. The fourth-order valence-corrected chi connectivity index (χ4v) is 3.53. The second-order valence-electron chi connectivity index (χ2n) is 6.81. The average molecular weight is 360 g/mol. The molecule has 0 spiro atoms.